The van der Waals surface area contributed by atoms with Crippen molar-refractivity contribution >= 4 is 5.97 Å². The molecule has 4 nitrogen and oxygen atoms in total. The third kappa shape index (κ3) is 3.67. The Labute approximate surface area is 137 Å². The molecule has 0 fully saturated rings. The van der Waals surface area contributed by atoms with Gasteiger partial charge in [-0.15, -0.1) is 0 Å². The lowest BCUT2D eigenvalue weighted by Crippen LogP contribution is -2.15. The summed E-state index contributed by atoms with van der Waals surface area (Å²) in [5, 5.41) is 0. The fraction of sp³-hybridized carbons (Fsp3) is 0.294. The standard InChI is InChI=1S/C17H16F3NO3/c1-4-24-16(22)15-10(2)21-14(17(18,19)20)9-13(15)11-5-7-12(23-3)8-6-11/h5-9H,4H2,1-3H3. The Balaban J connectivity index is 2.67. The van der Waals surface area contributed by atoms with Gasteiger partial charge >= 0.3 is 12.1 Å². The number of aromatic nitrogens is 1. The molecule has 1 aromatic carbocycles. The monoisotopic (exact) mass is 339 g/mol. The number of ether oxygens (including phenoxy) is 2. The summed E-state index contributed by atoms with van der Waals surface area (Å²) in [5.74, 6) is -0.152. The second kappa shape index (κ2) is 6.90. The van der Waals surface area contributed by atoms with Gasteiger partial charge < -0.3 is 9.47 Å². The predicted molar refractivity (Wildman–Crippen MR) is 81.9 cm³/mol. The van der Waals surface area contributed by atoms with Crippen LogP contribution in [0.5, 0.6) is 5.75 Å². The van der Waals surface area contributed by atoms with E-state index in [-0.39, 0.29) is 23.4 Å². The van der Waals surface area contributed by atoms with Crippen molar-refractivity contribution in [2.75, 3.05) is 13.7 Å². The number of carbonyl (C=O) groups excluding carboxylic acids is 1. The number of esters is 1. The molecule has 24 heavy (non-hydrogen) atoms. The Morgan fingerprint density at radius 1 is 1.21 bits per heavy atom. The fourth-order valence-electron chi connectivity index (χ4n) is 2.28. The number of benzene rings is 1. The third-order valence-electron chi connectivity index (χ3n) is 3.37. The van der Waals surface area contributed by atoms with Crippen LogP contribution in [-0.4, -0.2) is 24.7 Å². The van der Waals surface area contributed by atoms with Crippen LogP contribution in [0.4, 0.5) is 13.2 Å². The molecule has 128 valence electrons. The van der Waals surface area contributed by atoms with E-state index in [4.69, 9.17) is 9.47 Å². The smallest absolute Gasteiger partial charge is 0.433 e. The highest BCUT2D eigenvalue weighted by Crippen LogP contribution is 2.34. The van der Waals surface area contributed by atoms with Gasteiger partial charge in [0.05, 0.1) is 25.0 Å². The number of nitrogens with zero attached hydrogens (tertiary/aromatic N) is 1. The summed E-state index contributed by atoms with van der Waals surface area (Å²) in [6.07, 6.45) is -4.61. The molecule has 1 heterocycles. The van der Waals surface area contributed by atoms with Crippen molar-refractivity contribution in [3.63, 3.8) is 0 Å². The lowest BCUT2D eigenvalue weighted by atomic mass is 9.98. The average Bonchev–Trinajstić information content (AvgIpc) is 2.53. The van der Waals surface area contributed by atoms with Crippen LogP contribution in [0.2, 0.25) is 0 Å². The van der Waals surface area contributed by atoms with Crippen molar-refractivity contribution in [1.29, 1.82) is 0 Å². The number of alkyl halides is 3. The van der Waals surface area contributed by atoms with Gasteiger partial charge in [-0.3, -0.25) is 0 Å². The minimum absolute atomic E-state index is 0.0232. The number of hydrogen-bond donors (Lipinski definition) is 0. The van der Waals surface area contributed by atoms with Crippen LogP contribution < -0.4 is 4.74 Å². The van der Waals surface area contributed by atoms with Crippen LogP contribution in [0, 0.1) is 6.92 Å². The third-order valence-corrected chi connectivity index (χ3v) is 3.37. The lowest BCUT2D eigenvalue weighted by Gasteiger charge is -2.15. The van der Waals surface area contributed by atoms with E-state index in [0.29, 0.717) is 11.3 Å². The molecule has 0 spiro atoms. The van der Waals surface area contributed by atoms with Crippen molar-refractivity contribution in [3.05, 3.63) is 47.3 Å². The number of aryl methyl sites for hydroxylation is 1. The van der Waals surface area contributed by atoms with Gasteiger partial charge in [0.2, 0.25) is 0 Å². The maximum absolute atomic E-state index is 13.1. The van der Waals surface area contributed by atoms with Gasteiger partial charge in [0, 0.05) is 5.56 Å². The van der Waals surface area contributed by atoms with Crippen molar-refractivity contribution in [1.82, 2.24) is 4.98 Å². The van der Waals surface area contributed by atoms with Gasteiger partial charge in [-0.25, -0.2) is 9.78 Å². The van der Waals surface area contributed by atoms with Gasteiger partial charge in [0.1, 0.15) is 11.4 Å². The van der Waals surface area contributed by atoms with Crippen molar-refractivity contribution in [3.8, 4) is 16.9 Å². The van der Waals surface area contributed by atoms with Crippen LogP contribution in [0.25, 0.3) is 11.1 Å². The second-order valence-corrected chi connectivity index (χ2v) is 4.96. The molecule has 0 bridgehead atoms. The molecule has 0 amide bonds. The zero-order valence-corrected chi connectivity index (χ0v) is 13.4. The first-order chi connectivity index (χ1) is 11.3. The second-order valence-electron chi connectivity index (χ2n) is 4.96. The van der Waals surface area contributed by atoms with E-state index in [0.717, 1.165) is 6.07 Å². The molecule has 7 heteroatoms. The number of pyridine rings is 1. The maximum Gasteiger partial charge on any atom is 0.433 e. The molecule has 0 atom stereocenters. The van der Waals surface area contributed by atoms with Gasteiger partial charge in [-0.1, -0.05) is 12.1 Å². The first kappa shape index (κ1) is 17.8. The Bertz CT molecular complexity index is 740. The summed E-state index contributed by atoms with van der Waals surface area (Å²) in [6, 6.07) is 7.23. The highest BCUT2D eigenvalue weighted by atomic mass is 19.4. The summed E-state index contributed by atoms with van der Waals surface area (Å²) >= 11 is 0. The molecule has 2 aromatic rings. The van der Waals surface area contributed by atoms with Crippen LogP contribution in [0.1, 0.15) is 28.7 Å². The van der Waals surface area contributed by atoms with Gasteiger partial charge in [-0.05, 0) is 37.6 Å². The van der Waals surface area contributed by atoms with Gasteiger partial charge in [0.15, 0.2) is 0 Å². The molecule has 0 unspecified atom stereocenters. The van der Waals surface area contributed by atoms with E-state index in [2.05, 4.69) is 4.98 Å². The highest BCUT2D eigenvalue weighted by molar-refractivity contribution is 5.98. The Hall–Kier alpha value is -2.57. The van der Waals surface area contributed by atoms with Crippen LogP contribution in [0.3, 0.4) is 0 Å². The average molecular weight is 339 g/mol. The summed E-state index contributed by atoms with van der Waals surface area (Å²) < 4.78 is 49.2. The summed E-state index contributed by atoms with van der Waals surface area (Å²) in [7, 11) is 1.48. The quantitative estimate of drug-likeness (QED) is 0.781. The van der Waals surface area contributed by atoms with Crippen LogP contribution in [0.15, 0.2) is 30.3 Å². The number of methoxy groups -OCH3 is 1. The minimum Gasteiger partial charge on any atom is -0.497 e. The normalized spacial score (nSPS) is 11.2. The summed E-state index contributed by atoms with van der Waals surface area (Å²) in [5.41, 5.74) is -0.506. The van der Waals surface area contributed by atoms with E-state index >= 15 is 0 Å². The molecule has 0 aliphatic carbocycles. The van der Waals surface area contributed by atoms with Gasteiger partial charge in [-0.2, -0.15) is 13.2 Å². The molecule has 0 saturated heterocycles. The fourth-order valence-corrected chi connectivity index (χ4v) is 2.28. The van der Waals surface area contributed by atoms with Crippen molar-refractivity contribution < 1.29 is 27.4 Å². The van der Waals surface area contributed by atoms with Crippen LogP contribution >= 0.6 is 0 Å². The number of hydrogen-bond acceptors (Lipinski definition) is 4. The zero-order chi connectivity index (χ0) is 17.9. The molecule has 0 aliphatic rings. The molecule has 0 saturated carbocycles. The predicted octanol–water partition coefficient (Wildman–Crippen LogP) is 4.26. The first-order valence-electron chi connectivity index (χ1n) is 7.18. The molecule has 1 aromatic heterocycles. The highest BCUT2D eigenvalue weighted by Gasteiger charge is 2.34. The molecular weight excluding hydrogens is 323 g/mol. The van der Waals surface area contributed by atoms with E-state index in [1.54, 1.807) is 31.2 Å². The molecule has 0 N–H and O–H groups in total. The topological polar surface area (TPSA) is 48.4 Å². The molecule has 0 aliphatic heterocycles. The summed E-state index contributed by atoms with van der Waals surface area (Å²) in [6.45, 7) is 3.09. The number of rotatable bonds is 4. The Kier molecular flexibility index (Phi) is 5.11. The van der Waals surface area contributed by atoms with E-state index in [1.807, 2.05) is 0 Å². The first-order valence-corrected chi connectivity index (χ1v) is 7.18. The van der Waals surface area contributed by atoms with E-state index in [9.17, 15) is 18.0 Å². The van der Waals surface area contributed by atoms with Gasteiger partial charge in [0.25, 0.3) is 0 Å². The van der Waals surface area contributed by atoms with E-state index < -0.39 is 17.8 Å². The van der Waals surface area contributed by atoms with E-state index in [1.165, 1.54) is 14.0 Å². The number of halogens is 3. The Morgan fingerprint density at radius 2 is 1.83 bits per heavy atom. The SMILES string of the molecule is CCOC(=O)c1c(-c2ccc(OC)cc2)cc(C(F)(F)F)nc1C. The lowest BCUT2D eigenvalue weighted by molar-refractivity contribution is -0.141. The minimum atomic E-state index is -4.61. The molecule has 0 radical (unpaired) electrons. The molecule has 2 rings (SSSR count). The largest absolute Gasteiger partial charge is 0.497 e. The zero-order valence-electron chi connectivity index (χ0n) is 13.4. The number of carbonyl (C=O) groups is 1. The Morgan fingerprint density at radius 3 is 2.33 bits per heavy atom. The summed E-state index contributed by atoms with van der Waals surface area (Å²) in [4.78, 5) is 15.7. The van der Waals surface area contributed by atoms with Crippen molar-refractivity contribution in [2.45, 2.75) is 20.0 Å². The molecular formula is C17H16F3NO3. The van der Waals surface area contributed by atoms with Crippen molar-refractivity contribution in [2.24, 2.45) is 0 Å². The maximum atomic E-state index is 13.1. The van der Waals surface area contributed by atoms with Crippen LogP contribution in [-0.2, 0) is 10.9 Å².